The predicted octanol–water partition coefficient (Wildman–Crippen LogP) is 5.67. The summed E-state index contributed by atoms with van der Waals surface area (Å²) < 4.78 is 76.1. The zero-order chi connectivity index (χ0) is 25.5. The van der Waals surface area contributed by atoms with E-state index in [0.29, 0.717) is 44.2 Å². The Morgan fingerprint density at radius 1 is 1.03 bits per heavy atom. The Bertz CT molecular complexity index is 1100. The fraction of sp³-hybridized carbons (Fsp3) is 0.600. The Labute approximate surface area is 200 Å². The highest BCUT2D eigenvalue weighted by Gasteiger charge is 2.41. The molecule has 2 heterocycles. The number of rotatable bonds is 4. The van der Waals surface area contributed by atoms with Crippen molar-refractivity contribution in [2.24, 2.45) is 5.92 Å². The first kappa shape index (κ1) is 25.4. The number of pyridine rings is 1. The highest BCUT2D eigenvalue weighted by atomic mass is 19.4. The minimum Gasteiger partial charge on any atom is -0.465 e. The first-order chi connectivity index (χ1) is 16.5. The first-order valence-electron chi connectivity index (χ1n) is 11.9. The number of ether oxygens (including phenoxy) is 1. The summed E-state index contributed by atoms with van der Waals surface area (Å²) in [6, 6.07) is 3.66. The van der Waals surface area contributed by atoms with E-state index in [-0.39, 0.29) is 29.2 Å². The van der Waals surface area contributed by atoms with E-state index in [9.17, 15) is 31.5 Å². The van der Waals surface area contributed by atoms with Gasteiger partial charge in [0.2, 0.25) is 5.91 Å². The zero-order valence-electron chi connectivity index (χ0n) is 19.6. The van der Waals surface area contributed by atoms with E-state index in [1.54, 1.807) is 6.92 Å². The molecule has 0 aromatic carbocycles. The Kier molecular flexibility index (Phi) is 7.11. The van der Waals surface area contributed by atoms with E-state index in [4.69, 9.17) is 4.74 Å². The second-order valence-corrected chi connectivity index (χ2v) is 9.63. The molecule has 35 heavy (non-hydrogen) atoms. The molecule has 192 valence electrons. The number of carbonyl (C=O) groups is 2. The van der Waals surface area contributed by atoms with Gasteiger partial charge in [0.05, 0.1) is 24.2 Å². The molecule has 2 saturated carbocycles. The molecule has 0 radical (unpaired) electrons. The van der Waals surface area contributed by atoms with Crippen LogP contribution in [0.4, 0.5) is 22.0 Å². The summed E-state index contributed by atoms with van der Waals surface area (Å²) in [6.45, 7) is 1.64. The van der Waals surface area contributed by atoms with Gasteiger partial charge < -0.3 is 14.5 Å². The number of nitrogens with zero attached hydrogens (tertiary/aromatic N) is 1. The number of amides is 1. The Hall–Kier alpha value is -2.65. The van der Waals surface area contributed by atoms with Crippen LogP contribution in [0.2, 0.25) is 0 Å². The maximum Gasteiger partial charge on any atom is 0.418 e. The number of aromatic nitrogens is 1. The van der Waals surface area contributed by atoms with Crippen LogP contribution in [-0.4, -0.2) is 41.8 Å². The normalized spacial score (nSPS) is 27.6. The van der Waals surface area contributed by atoms with E-state index in [0.717, 1.165) is 6.07 Å². The van der Waals surface area contributed by atoms with E-state index in [1.807, 2.05) is 0 Å². The van der Waals surface area contributed by atoms with Crippen molar-refractivity contribution in [1.29, 1.82) is 0 Å². The number of carbonyl (C=O) groups excluding carboxylic acids is 2. The second kappa shape index (κ2) is 9.78. The van der Waals surface area contributed by atoms with Crippen LogP contribution in [0.1, 0.15) is 78.2 Å². The SMILES string of the molecule is COC(=O)c1cc(C)n2c(C3CCC(NC(=O)C4CCCC(F)C4F)CC3)c(C(F)(F)F)cc2c1. The molecular weight excluding hydrogens is 471 g/mol. The van der Waals surface area contributed by atoms with E-state index in [2.05, 4.69) is 5.32 Å². The van der Waals surface area contributed by atoms with Gasteiger partial charge in [0.1, 0.15) is 12.3 Å². The average molecular weight is 501 g/mol. The van der Waals surface area contributed by atoms with Gasteiger partial charge in [-0.15, -0.1) is 0 Å². The van der Waals surface area contributed by atoms with Crippen molar-refractivity contribution in [3.8, 4) is 0 Å². The van der Waals surface area contributed by atoms with Crippen LogP contribution in [0.5, 0.6) is 0 Å². The lowest BCUT2D eigenvalue weighted by Gasteiger charge is -2.33. The summed E-state index contributed by atoms with van der Waals surface area (Å²) in [7, 11) is 1.21. The van der Waals surface area contributed by atoms with Crippen LogP contribution in [0.15, 0.2) is 18.2 Å². The van der Waals surface area contributed by atoms with Gasteiger partial charge in [-0.2, -0.15) is 13.2 Å². The zero-order valence-corrected chi connectivity index (χ0v) is 19.6. The number of esters is 1. The number of halogens is 5. The summed E-state index contributed by atoms with van der Waals surface area (Å²) in [5.74, 6) is -2.58. The highest BCUT2D eigenvalue weighted by molar-refractivity contribution is 5.91. The number of hydrogen-bond acceptors (Lipinski definition) is 3. The summed E-state index contributed by atoms with van der Waals surface area (Å²) in [6.07, 6.45) is -5.52. The van der Waals surface area contributed by atoms with Crippen molar-refractivity contribution >= 4 is 17.4 Å². The summed E-state index contributed by atoms with van der Waals surface area (Å²) in [5.41, 5.74) is 0.311. The first-order valence-corrected chi connectivity index (χ1v) is 11.9. The standard InChI is InChI=1S/C25H29F5N2O3/c1-13-10-15(24(34)35-2)11-17-12-19(25(28,29)30)22(32(13)17)14-6-8-16(9-7-14)31-23(33)18-4-3-5-20(26)21(18)27/h10-12,14,16,18,20-21H,3-9H2,1-2H3,(H,31,33). The molecule has 3 unspecified atom stereocenters. The molecule has 5 nitrogen and oxygen atoms in total. The number of aryl methyl sites for hydroxylation is 1. The molecule has 2 aromatic heterocycles. The van der Waals surface area contributed by atoms with Crippen LogP contribution in [0.25, 0.3) is 5.52 Å². The molecule has 2 aliphatic carbocycles. The lowest BCUT2D eigenvalue weighted by Crippen LogP contribution is -2.46. The molecule has 0 spiro atoms. The predicted molar refractivity (Wildman–Crippen MR) is 119 cm³/mol. The average Bonchev–Trinajstić information content (AvgIpc) is 3.21. The highest BCUT2D eigenvalue weighted by Crippen LogP contribution is 2.43. The van der Waals surface area contributed by atoms with Gasteiger partial charge in [-0.25, -0.2) is 13.6 Å². The van der Waals surface area contributed by atoms with Gasteiger partial charge in [0.15, 0.2) is 0 Å². The maximum absolute atomic E-state index is 14.2. The lowest BCUT2D eigenvalue weighted by atomic mass is 9.81. The number of hydrogen-bond donors (Lipinski definition) is 1. The minimum absolute atomic E-state index is 0.114. The van der Waals surface area contributed by atoms with Gasteiger partial charge in [0, 0.05) is 28.9 Å². The van der Waals surface area contributed by atoms with E-state index < -0.39 is 47.8 Å². The van der Waals surface area contributed by atoms with Crippen LogP contribution < -0.4 is 5.32 Å². The molecule has 0 aliphatic heterocycles. The Morgan fingerprint density at radius 2 is 1.71 bits per heavy atom. The molecule has 2 fully saturated rings. The van der Waals surface area contributed by atoms with Crippen molar-refractivity contribution in [1.82, 2.24) is 9.72 Å². The van der Waals surface area contributed by atoms with Crippen LogP contribution in [-0.2, 0) is 15.7 Å². The lowest BCUT2D eigenvalue weighted by molar-refractivity contribution is -0.138. The fourth-order valence-corrected chi connectivity index (χ4v) is 5.60. The molecule has 3 atom stereocenters. The number of methoxy groups -OCH3 is 1. The second-order valence-electron chi connectivity index (χ2n) is 9.63. The van der Waals surface area contributed by atoms with Crippen molar-refractivity contribution in [2.75, 3.05) is 7.11 Å². The van der Waals surface area contributed by atoms with Gasteiger partial charge in [0.25, 0.3) is 0 Å². The molecule has 1 amide bonds. The van der Waals surface area contributed by atoms with Crippen LogP contribution in [0.3, 0.4) is 0 Å². The Balaban J connectivity index is 1.54. The van der Waals surface area contributed by atoms with Crippen molar-refractivity contribution in [3.05, 3.63) is 40.7 Å². The van der Waals surface area contributed by atoms with Gasteiger partial charge in [-0.1, -0.05) is 0 Å². The molecule has 0 bridgehead atoms. The van der Waals surface area contributed by atoms with Gasteiger partial charge >= 0.3 is 12.1 Å². The topological polar surface area (TPSA) is 59.8 Å². The summed E-state index contributed by atoms with van der Waals surface area (Å²) in [5, 5.41) is 2.80. The molecular formula is C25H29F5N2O3. The maximum atomic E-state index is 14.2. The molecule has 1 N–H and O–H groups in total. The quantitative estimate of drug-likeness (QED) is 0.435. The van der Waals surface area contributed by atoms with Crippen molar-refractivity contribution in [2.45, 2.75) is 82.3 Å². The van der Waals surface area contributed by atoms with Crippen molar-refractivity contribution < 1.29 is 36.3 Å². The largest absolute Gasteiger partial charge is 0.465 e. The molecule has 0 saturated heterocycles. The van der Waals surface area contributed by atoms with Gasteiger partial charge in [-0.3, -0.25) is 4.79 Å². The summed E-state index contributed by atoms with van der Waals surface area (Å²) in [4.78, 5) is 24.5. The molecule has 10 heteroatoms. The minimum atomic E-state index is -4.58. The third-order valence-electron chi connectivity index (χ3n) is 7.34. The fourth-order valence-electron chi connectivity index (χ4n) is 5.60. The van der Waals surface area contributed by atoms with E-state index >= 15 is 0 Å². The smallest absolute Gasteiger partial charge is 0.418 e. The third-order valence-corrected chi connectivity index (χ3v) is 7.34. The number of fused-ring (bicyclic) bond motifs is 1. The molecule has 2 aliphatic rings. The monoisotopic (exact) mass is 500 g/mol. The van der Waals surface area contributed by atoms with Crippen molar-refractivity contribution in [3.63, 3.8) is 0 Å². The van der Waals surface area contributed by atoms with E-state index in [1.165, 1.54) is 23.6 Å². The van der Waals surface area contributed by atoms with Crippen LogP contribution >= 0.6 is 0 Å². The third kappa shape index (κ3) is 5.02. The number of alkyl halides is 5. The molecule has 2 aromatic rings. The van der Waals surface area contributed by atoms with Crippen LogP contribution in [0, 0.1) is 12.8 Å². The number of nitrogens with one attached hydrogen (secondary N) is 1. The Morgan fingerprint density at radius 3 is 2.34 bits per heavy atom. The van der Waals surface area contributed by atoms with Gasteiger partial charge in [-0.05, 0) is 70.1 Å². The molecule has 4 rings (SSSR count). The summed E-state index contributed by atoms with van der Waals surface area (Å²) >= 11 is 0.